The molecule has 2 aromatic rings. The molecule has 8 nitrogen and oxygen atoms in total. The van der Waals surface area contributed by atoms with Crippen LogP contribution >= 0.6 is 0 Å². The van der Waals surface area contributed by atoms with Gasteiger partial charge in [0.25, 0.3) is 0 Å². The van der Waals surface area contributed by atoms with Gasteiger partial charge in [0.15, 0.2) is 0 Å². The van der Waals surface area contributed by atoms with Crippen LogP contribution in [0.4, 0.5) is 10.5 Å². The van der Waals surface area contributed by atoms with E-state index >= 15 is 0 Å². The van der Waals surface area contributed by atoms with Crippen LogP contribution in [0.1, 0.15) is 6.42 Å². The molecule has 3 amide bonds. The molecule has 3 heterocycles. The molecular formula is C21H24N4O4. The van der Waals surface area contributed by atoms with Crippen LogP contribution in [0.2, 0.25) is 0 Å². The molecule has 0 saturated carbocycles. The third-order valence-corrected chi connectivity index (χ3v) is 5.22. The Morgan fingerprint density at radius 1 is 1.14 bits per heavy atom. The van der Waals surface area contributed by atoms with Crippen molar-refractivity contribution in [2.24, 2.45) is 0 Å². The Hall–Kier alpha value is -3.29. The molecule has 2 aliphatic heterocycles. The van der Waals surface area contributed by atoms with Crippen LogP contribution in [0.15, 0.2) is 48.7 Å². The number of methoxy groups -OCH3 is 1. The first-order valence-corrected chi connectivity index (χ1v) is 9.70. The minimum Gasteiger partial charge on any atom is -0.495 e. The fourth-order valence-corrected chi connectivity index (χ4v) is 3.71. The minimum absolute atomic E-state index is 0.0626. The number of anilines is 1. The number of benzene rings is 1. The van der Waals surface area contributed by atoms with Gasteiger partial charge in [-0.3, -0.25) is 9.69 Å². The van der Waals surface area contributed by atoms with Gasteiger partial charge in [-0.2, -0.15) is 0 Å². The fraction of sp³-hybridized carbons (Fsp3) is 0.381. The maximum atomic E-state index is 12.8. The second kappa shape index (κ2) is 8.38. The summed E-state index contributed by atoms with van der Waals surface area (Å²) < 4.78 is 11.2. The molecule has 2 fully saturated rings. The van der Waals surface area contributed by atoms with E-state index in [-0.39, 0.29) is 24.6 Å². The Balaban J connectivity index is 1.33. The number of nitrogens with zero attached hydrogens (tertiary/aromatic N) is 4. The third kappa shape index (κ3) is 4.11. The topological polar surface area (TPSA) is 75.2 Å². The first kappa shape index (κ1) is 19.0. The lowest BCUT2D eigenvalue weighted by Gasteiger charge is -2.22. The average molecular weight is 396 g/mol. The molecular weight excluding hydrogens is 372 g/mol. The molecule has 0 spiro atoms. The van der Waals surface area contributed by atoms with E-state index in [1.165, 1.54) is 0 Å². The molecule has 8 heteroatoms. The van der Waals surface area contributed by atoms with Gasteiger partial charge in [0, 0.05) is 38.3 Å². The average Bonchev–Trinajstić information content (AvgIpc) is 3.36. The molecule has 1 aromatic carbocycles. The van der Waals surface area contributed by atoms with Crippen molar-refractivity contribution in [1.29, 1.82) is 0 Å². The van der Waals surface area contributed by atoms with Crippen LogP contribution < -0.4 is 14.4 Å². The van der Waals surface area contributed by atoms with E-state index in [0.717, 1.165) is 12.1 Å². The fourth-order valence-electron chi connectivity index (χ4n) is 3.71. The number of hydrogen-bond acceptors (Lipinski definition) is 5. The van der Waals surface area contributed by atoms with Crippen LogP contribution in [-0.2, 0) is 4.79 Å². The van der Waals surface area contributed by atoms with Crippen LogP contribution in [0.25, 0.3) is 0 Å². The molecule has 0 unspecified atom stereocenters. The zero-order chi connectivity index (χ0) is 20.2. The summed E-state index contributed by atoms with van der Waals surface area (Å²) in [6.45, 7) is 2.23. The predicted molar refractivity (Wildman–Crippen MR) is 107 cm³/mol. The lowest BCUT2D eigenvalue weighted by atomic mass is 10.2. The number of carbonyl (C=O) groups excluding carboxylic acids is 2. The number of hydrogen-bond donors (Lipinski definition) is 0. The van der Waals surface area contributed by atoms with Gasteiger partial charge in [0.05, 0.1) is 19.3 Å². The van der Waals surface area contributed by atoms with Gasteiger partial charge < -0.3 is 19.3 Å². The summed E-state index contributed by atoms with van der Waals surface area (Å²) in [6, 6.07) is 12.7. The molecule has 2 aliphatic rings. The number of para-hydroxylation sites is 2. The largest absolute Gasteiger partial charge is 0.495 e. The van der Waals surface area contributed by atoms with Crippen molar-refractivity contribution in [3.05, 3.63) is 48.7 Å². The van der Waals surface area contributed by atoms with Crippen molar-refractivity contribution >= 4 is 17.6 Å². The Labute approximate surface area is 169 Å². The number of aromatic nitrogens is 1. The number of pyridine rings is 1. The monoisotopic (exact) mass is 396 g/mol. The second-order valence-electron chi connectivity index (χ2n) is 7.06. The zero-order valence-electron chi connectivity index (χ0n) is 16.4. The van der Waals surface area contributed by atoms with E-state index in [1.807, 2.05) is 36.4 Å². The molecule has 0 radical (unpaired) electrons. The van der Waals surface area contributed by atoms with Crippen molar-refractivity contribution in [1.82, 2.24) is 14.8 Å². The lowest BCUT2D eigenvalue weighted by Crippen LogP contribution is -2.42. The summed E-state index contributed by atoms with van der Waals surface area (Å²) in [4.78, 5) is 34.7. The summed E-state index contributed by atoms with van der Waals surface area (Å²) in [5.41, 5.74) is 0.722. The summed E-state index contributed by atoms with van der Waals surface area (Å²) >= 11 is 0. The number of amides is 3. The molecule has 1 aromatic heterocycles. The first-order chi connectivity index (χ1) is 14.2. The van der Waals surface area contributed by atoms with E-state index in [9.17, 15) is 9.59 Å². The van der Waals surface area contributed by atoms with Gasteiger partial charge in [0.1, 0.15) is 18.4 Å². The number of carbonyl (C=O) groups is 2. The zero-order valence-corrected chi connectivity index (χ0v) is 16.4. The highest BCUT2D eigenvalue weighted by Crippen LogP contribution is 2.30. The van der Waals surface area contributed by atoms with Gasteiger partial charge in [-0.1, -0.05) is 18.2 Å². The van der Waals surface area contributed by atoms with Crippen LogP contribution in [0, 0.1) is 0 Å². The highest BCUT2D eigenvalue weighted by Gasteiger charge is 2.35. The molecule has 152 valence electrons. The Morgan fingerprint density at radius 2 is 1.97 bits per heavy atom. The van der Waals surface area contributed by atoms with Crippen molar-refractivity contribution in [3.63, 3.8) is 0 Å². The summed E-state index contributed by atoms with van der Waals surface area (Å²) in [5, 5.41) is 0. The minimum atomic E-state index is -0.177. The molecule has 29 heavy (non-hydrogen) atoms. The van der Waals surface area contributed by atoms with Gasteiger partial charge in [0.2, 0.25) is 11.8 Å². The highest BCUT2D eigenvalue weighted by atomic mass is 16.5. The molecule has 0 aliphatic carbocycles. The molecule has 2 saturated heterocycles. The summed E-state index contributed by atoms with van der Waals surface area (Å²) in [5.74, 6) is 1.14. The number of likely N-dealkylation sites (tertiary alicyclic amines) is 1. The van der Waals surface area contributed by atoms with E-state index in [0.29, 0.717) is 37.8 Å². The van der Waals surface area contributed by atoms with Crippen molar-refractivity contribution in [2.75, 3.05) is 44.7 Å². The Bertz CT molecular complexity index is 876. The lowest BCUT2D eigenvalue weighted by molar-refractivity contribution is -0.130. The van der Waals surface area contributed by atoms with Gasteiger partial charge in [-0.15, -0.1) is 0 Å². The van der Waals surface area contributed by atoms with E-state index in [1.54, 1.807) is 34.1 Å². The van der Waals surface area contributed by atoms with E-state index < -0.39 is 0 Å². The normalized spacial score (nSPS) is 19.0. The van der Waals surface area contributed by atoms with E-state index in [2.05, 4.69) is 4.98 Å². The maximum Gasteiger partial charge on any atom is 0.325 e. The van der Waals surface area contributed by atoms with Gasteiger partial charge in [-0.25, -0.2) is 9.78 Å². The second-order valence-corrected chi connectivity index (χ2v) is 7.06. The molecule has 1 atom stereocenters. The molecule has 4 rings (SSSR count). The predicted octanol–water partition coefficient (Wildman–Crippen LogP) is 2.01. The molecule has 0 N–H and O–H groups in total. The molecule has 0 bridgehead atoms. The van der Waals surface area contributed by atoms with Gasteiger partial charge in [-0.05, 0) is 18.2 Å². The summed E-state index contributed by atoms with van der Waals surface area (Å²) in [7, 11) is 1.58. The highest BCUT2D eigenvalue weighted by molar-refractivity contribution is 5.97. The van der Waals surface area contributed by atoms with Crippen molar-refractivity contribution in [2.45, 2.75) is 12.5 Å². The summed E-state index contributed by atoms with van der Waals surface area (Å²) in [6.07, 6.45) is 2.36. The van der Waals surface area contributed by atoms with Crippen LogP contribution in [0.5, 0.6) is 11.6 Å². The Kier molecular flexibility index (Phi) is 5.50. The maximum absolute atomic E-state index is 12.8. The van der Waals surface area contributed by atoms with E-state index in [4.69, 9.17) is 9.47 Å². The number of rotatable bonds is 6. The SMILES string of the molecule is COc1ccccc1N1CCN(CC(=O)N2CC[C@@H](Oc3ccccn3)C2)C1=O. The van der Waals surface area contributed by atoms with Gasteiger partial charge >= 0.3 is 6.03 Å². The van der Waals surface area contributed by atoms with Crippen LogP contribution in [0.3, 0.4) is 0 Å². The standard InChI is InChI=1S/C21H24N4O4/c1-28-18-7-3-2-6-17(18)25-13-12-24(21(25)27)15-20(26)23-11-9-16(14-23)29-19-8-4-5-10-22-19/h2-8,10,16H,9,11-15H2,1H3/t16-/m1/s1. The third-order valence-electron chi connectivity index (χ3n) is 5.22. The smallest absolute Gasteiger partial charge is 0.325 e. The Morgan fingerprint density at radius 3 is 2.76 bits per heavy atom. The van der Waals surface area contributed by atoms with Crippen molar-refractivity contribution < 1.29 is 19.1 Å². The van der Waals surface area contributed by atoms with Crippen molar-refractivity contribution in [3.8, 4) is 11.6 Å². The van der Waals surface area contributed by atoms with Crippen LogP contribution in [-0.4, -0.2) is 72.7 Å². The quantitative estimate of drug-likeness (QED) is 0.747. The number of ether oxygens (including phenoxy) is 2. The number of urea groups is 1. The first-order valence-electron chi connectivity index (χ1n) is 9.70.